The summed E-state index contributed by atoms with van der Waals surface area (Å²) in [4.78, 5) is 0. The average molecular weight is 330 g/mol. The first-order valence-corrected chi connectivity index (χ1v) is 8.01. The zero-order valence-corrected chi connectivity index (χ0v) is 12.2. The van der Waals surface area contributed by atoms with E-state index in [1.807, 2.05) is 0 Å². The molecule has 120 valence electrons. The third-order valence-electron chi connectivity index (χ3n) is 2.64. The fourth-order valence-corrected chi connectivity index (χ4v) is 3.68. The molecule has 3 nitrogen and oxygen atoms in total. The second kappa shape index (κ2) is 7.83. The topological polar surface area (TPSA) is 27.7 Å². The highest BCUT2D eigenvalue weighted by Crippen LogP contribution is 2.29. The van der Waals surface area contributed by atoms with Crippen LogP contribution in [0.3, 0.4) is 0 Å². The van der Waals surface area contributed by atoms with Crippen LogP contribution in [0, 0.1) is 0 Å². The smallest absolute Gasteiger partial charge is 0.377 e. The second-order valence-electron chi connectivity index (χ2n) is 4.15. The Bertz CT molecular complexity index is 415. The Hall–Kier alpha value is -1.03. The molecule has 0 bridgehead atoms. The van der Waals surface area contributed by atoms with E-state index < -0.39 is 21.8 Å². The van der Waals surface area contributed by atoms with E-state index in [1.54, 1.807) is 30.3 Å². The quantitative estimate of drug-likeness (QED) is 0.533. The maximum absolute atomic E-state index is 12.3. The summed E-state index contributed by atoms with van der Waals surface area (Å²) in [5.41, 5.74) is 0.876. The zero-order valence-electron chi connectivity index (χ0n) is 11.2. The monoisotopic (exact) mass is 330 g/mol. The number of halogens is 5. The first-order valence-electron chi connectivity index (χ1n) is 6.08. The van der Waals surface area contributed by atoms with E-state index in [4.69, 9.17) is 0 Å². The standard InChI is InChI=1S/C12H15F5O3Si/c1-18-21(19-11(13)14,20-12(15,16)17)9-5-8-10-6-3-2-4-7-10/h2-4,6-7,11H,5,8-9H2,1H3. The molecule has 1 aromatic rings. The Morgan fingerprint density at radius 2 is 1.76 bits per heavy atom. The molecule has 1 unspecified atom stereocenters. The van der Waals surface area contributed by atoms with Crippen molar-refractivity contribution in [2.45, 2.75) is 31.9 Å². The molecule has 0 heterocycles. The van der Waals surface area contributed by atoms with Gasteiger partial charge in [-0.2, -0.15) is 8.78 Å². The highest BCUT2D eigenvalue weighted by atomic mass is 28.4. The summed E-state index contributed by atoms with van der Waals surface area (Å²) < 4.78 is 74.0. The first kappa shape index (κ1) is 18.0. The molecule has 0 fully saturated rings. The Morgan fingerprint density at radius 3 is 2.24 bits per heavy atom. The minimum Gasteiger partial charge on any atom is -0.377 e. The van der Waals surface area contributed by atoms with Gasteiger partial charge < -0.3 is 8.85 Å². The lowest BCUT2D eigenvalue weighted by Gasteiger charge is -2.28. The number of hydrogen-bond donors (Lipinski definition) is 0. The van der Waals surface area contributed by atoms with Crippen LogP contribution in [0.2, 0.25) is 6.04 Å². The van der Waals surface area contributed by atoms with Gasteiger partial charge in [0.15, 0.2) is 0 Å². The van der Waals surface area contributed by atoms with Crippen LogP contribution >= 0.6 is 0 Å². The normalized spacial score (nSPS) is 15.2. The molecule has 0 aliphatic carbocycles. The number of rotatable bonds is 8. The first-order chi connectivity index (χ1) is 9.76. The Balaban J connectivity index is 2.67. The number of benzene rings is 1. The van der Waals surface area contributed by atoms with Crippen LogP contribution in [0.25, 0.3) is 0 Å². The van der Waals surface area contributed by atoms with Gasteiger partial charge in [-0.25, -0.2) is 0 Å². The van der Waals surface area contributed by atoms with Crippen LogP contribution in [0.1, 0.15) is 12.0 Å². The van der Waals surface area contributed by atoms with Crippen molar-refractivity contribution < 1.29 is 35.2 Å². The fraction of sp³-hybridized carbons (Fsp3) is 0.500. The summed E-state index contributed by atoms with van der Waals surface area (Å²) in [5, 5.41) is 0. The molecule has 1 aromatic carbocycles. The van der Waals surface area contributed by atoms with Crippen molar-refractivity contribution in [3.8, 4) is 0 Å². The lowest BCUT2D eigenvalue weighted by molar-refractivity contribution is -0.302. The Kier molecular flexibility index (Phi) is 6.72. The van der Waals surface area contributed by atoms with Crippen LogP contribution in [0.5, 0.6) is 0 Å². The highest BCUT2D eigenvalue weighted by Gasteiger charge is 2.51. The molecule has 0 aromatic heterocycles. The lowest BCUT2D eigenvalue weighted by atomic mass is 10.1. The molecule has 1 rings (SSSR count). The van der Waals surface area contributed by atoms with E-state index in [0.717, 1.165) is 12.7 Å². The van der Waals surface area contributed by atoms with Gasteiger partial charge in [-0.3, -0.25) is 4.43 Å². The van der Waals surface area contributed by atoms with Crippen molar-refractivity contribution >= 4 is 8.80 Å². The highest BCUT2D eigenvalue weighted by molar-refractivity contribution is 6.60. The third kappa shape index (κ3) is 6.98. The summed E-state index contributed by atoms with van der Waals surface area (Å²) in [7, 11) is -3.62. The minimum absolute atomic E-state index is 0.173. The molecule has 0 N–H and O–H groups in total. The van der Waals surface area contributed by atoms with Gasteiger partial charge in [-0.1, -0.05) is 30.3 Å². The van der Waals surface area contributed by atoms with Gasteiger partial charge in [0.1, 0.15) is 0 Å². The van der Waals surface area contributed by atoms with Crippen molar-refractivity contribution in [1.82, 2.24) is 0 Å². The maximum atomic E-state index is 12.3. The van der Waals surface area contributed by atoms with Crippen molar-refractivity contribution in [3.63, 3.8) is 0 Å². The molecule has 0 aliphatic rings. The summed E-state index contributed by atoms with van der Waals surface area (Å²) in [6.45, 7) is -3.39. The van der Waals surface area contributed by atoms with E-state index in [-0.39, 0.29) is 12.5 Å². The molecule has 0 aliphatic heterocycles. The third-order valence-corrected chi connectivity index (χ3v) is 5.31. The Labute approximate surface area is 120 Å². The van der Waals surface area contributed by atoms with E-state index >= 15 is 0 Å². The van der Waals surface area contributed by atoms with Crippen LogP contribution in [0.15, 0.2) is 30.3 Å². The van der Waals surface area contributed by atoms with Crippen molar-refractivity contribution in [1.29, 1.82) is 0 Å². The van der Waals surface area contributed by atoms with E-state index in [9.17, 15) is 22.0 Å². The van der Waals surface area contributed by atoms with Gasteiger partial charge in [0.25, 0.3) is 0 Å². The molecule has 9 heteroatoms. The van der Waals surface area contributed by atoms with Crippen LogP contribution < -0.4 is 0 Å². The molecular formula is C12H15F5O3Si. The SMILES string of the molecule is CO[Si](CCCc1ccccc1)(OC(F)F)OC(F)(F)F. The van der Waals surface area contributed by atoms with Crippen molar-refractivity contribution in [2.75, 3.05) is 7.11 Å². The van der Waals surface area contributed by atoms with Crippen LogP contribution in [0.4, 0.5) is 22.0 Å². The molecule has 0 radical (unpaired) electrons. The van der Waals surface area contributed by atoms with Gasteiger partial charge in [0, 0.05) is 13.2 Å². The van der Waals surface area contributed by atoms with Gasteiger partial charge in [0.05, 0.1) is 0 Å². The largest absolute Gasteiger partial charge is 0.516 e. The van der Waals surface area contributed by atoms with Gasteiger partial charge in [0.2, 0.25) is 0 Å². The molecular weight excluding hydrogens is 315 g/mol. The molecule has 0 amide bonds. The number of alkyl halides is 5. The fourth-order valence-electron chi connectivity index (χ4n) is 1.79. The van der Waals surface area contributed by atoms with Gasteiger partial charge in [-0.05, 0) is 18.4 Å². The van der Waals surface area contributed by atoms with Gasteiger partial charge >= 0.3 is 21.8 Å². The number of hydrogen-bond acceptors (Lipinski definition) is 3. The Morgan fingerprint density at radius 1 is 1.14 bits per heavy atom. The zero-order chi connectivity index (χ0) is 15.9. The minimum atomic E-state index is -5.09. The van der Waals surface area contributed by atoms with Crippen LogP contribution in [-0.2, 0) is 19.7 Å². The van der Waals surface area contributed by atoms with Crippen LogP contribution in [-0.4, -0.2) is 28.9 Å². The lowest BCUT2D eigenvalue weighted by Crippen LogP contribution is -2.49. The van der Waals surface area contributed by atoms with Crippen molar-refractivity contribution in [3.05, 3.63) is 35.9 Å². The van der Waals surface area contributed by atoms with E-state index in [0.29, 0.717) is 6.42 Å². The summed E-state index contributed by atoms with van der Waals surface area (Å²) in [6.07, 6.45) is -4.51. The molecule has 0 saturated heterocycles. The molecule has 1 atom stereocenters. The summed E-state index contributed by atoms with van der Waals surface area (Å²) in [5.74, 6) is 0. The van der Waals surface area contributed by atoms with Gasteiger partial charge in [-0.15, -0.1) is 13.2 Å². The second-order valence-corrected chi connectivity index (χ2v) is 6.87. The predicted molar refractivity (Wildman–Crippen MR) is 66.6 cm³/mol. The molecule has 21 heavy (non-hydrogen) atoms. The maximum Gasteiger partial charge on any atom is 0.516 e. The number of aryl methyl sites for hydroxylation is 1. The summed E-state index contributed by atoms with van der Waals surface area (Å²) in [6, 6.07) is 8.56. The van der Waals surface area contributed by atoms with Crippen molar-refractivity contribution in [2.24, 2.45) is 0 Å². The van der Waals surface area contributed by atoms with E-state index in [2.05, 4.69) is 13.3 Å². The molecule has 0 spiro atoms. The summed E-state index contributed by atoms with van der Waals surface area (Å²) >= 11 is 0. The molecule has 0 saturated carbocycles. The average Bonchev–Trinajstić information content (AvgIpc) is 2.37. The predicted octanol–water partition coefficient (Wildman–Crippen LogP) is 3.98. The van der Waals surface area contributed by atoms with E-state index in [1.165, 1.54) is 0 Å².